The minimum absolute atomic E-state index is 0.111. The fourth-order valence-corrected chi connectivity index (χ4v) is 3.86. The Balaban J connectivity index is 1.47. The Hall–Kier alpha value is -4.59. The molecule has 34 heavy (non-hydrogen) atoms. The van der Waals surface area contributed by atoms with Crippen LogP contribution in [0.4, 0.5) is 0 Å². The van der Waals surface area contributed by atoms with Gasteiger partial charge in [0.25, 0.3) is 11.4 Å². The highest BCUT2D eigenvalue weighted by atomic mass is 16.5. The summed E-state index contributed by atoms with van der Waals surface area (Å²) in [5.74, 6) is 0.285. The molecule has 3 aromatic heterocycles. The number of fused-ring (bicyclic) bond motifs is 1. The molecule has 5 rings (SSSR count). The molecule has 3 heterocycles. The van der Waals surface area contributed by atoms with E-state index in [1.807, 2.05) is 61.5 Å². The monoisotopic (exact) mass is 451 g/mol. The number of carbonyl (C=O) groups excluding carboxylic acids is 1. The molecule has 1 N–H and O–H groups in total. The maximum atomic E-state index is 13.1. The van der Waals surface area contributed by atoms with Crippen LogP contribution in [0, 0.1) is 0 Å². The van der Waals surface area contributed by atoms with Gasteiger partial charge in [0.15, 0.2) is 0 Å². The minimum atomic E-state index is -0.339. The molecule has 0 aliphatic carbocycles. The quantitative estimate of drug-likeness (QED) is 0.419. The SMILES string of the molecule is C[C@@H](NC(=O)Cn1c(=O)cc(-c2nc(-c3ccccn3)no2)c2ccccc21)c1ccccc1. The summed E-state index contributed by atoms with van der Waals surface area (Å²) in [6.07, 6.45) is 1.64. The van der Waals surface area contributed by atoms with Crippen LogP contribution in [0.3, 0.4) is 0 Å². The van der Waals surface area contributed by atoms with Crippen molar-refractivity contribution in [1.82, 2.24) is 25.0 Å². The lowest BCUT2D eigenvalue weighted by atomic mass is 10.1. The van der Waals surface area contributed by atoms with E-state index in [0.29, 0.717) is 22.6 Å². The van der Waals surface area contributed by atoms with Crippen molar-refractivity contribution in [1.29, 1.82) is 0 Å². The second-order valence-electron chi connectivity index (χ2n) is 7.84. The third kappa shape index (κ3) is 4.21. The van der Waals surface area contributed by atoms with E-state index in [-0.39, 0.29) is 29.9 Å². The molecule has 5 aromatic rings. The molecular formula is C26H21N5O3. The molecule has 1 atom stereocenters. The van der Waals surface area contributed by atoms with E-state index < -0.39 is 0 Å². The maximum absolute atomic E-state index is 13.1. The molecule has 0 bridgehead atoms. The Morgan fingerprint density at radius 1 is 1.03 bits per heavy atom. The minimum Gasteiger partial charge on any atom is -0.348 e. The molecule has 8 nitrogen and oxygen atoms in total. The zero-order valence-corrected chi connectivity index (χ0v) is 18.4. The lowest BCUT2D eigenvalue weighted by Crippen LogP contribution is -2.33. The highest BCUT2D eigenvalue weighted by Gasteiger charge is 2.18. The van der Waals surface area contributed by atoms with Crippen molar-refractivity contribution in [2.75, 3.05) is 0 Å². The van der Waals surface area contributed by atoms with Gasteiger partial charge in [-0.25, -0.2) is 0 Å². The van der Waals surface area contributed by atoms with Gasteiger partial charge in [0.1, 0.15) is 12.2 Å². The maximum Gasteiger partial charge on any atom is 0.259 e. The van der Waals surface area contributed by atoms with E-state index in [4.69, 9.17) is 4.52 Å². The van der Waals surface area contributed by atoms with Crippen molar-refractivity contribution in [3.8, 4) is 23.0 Å². The van der Waals surface area contributed by atoms with Gasteiger partial charge >= 0.3 is 0 Å². The molecular weight excluding hydrogens is 430 g/mol. The number of aromatic nitrogens is 4. The fourth-order valence-electron chi connectivity index (χ4n) is 3.86. The highest BCUT2D eigenvalue weighted by Crippen LogP contribution is 2.27. The van der Waals surface area contributed by atoms with Gasteiger partial charge in [0.05, 0.1) is 17.1 Å². The predicted octanol–water partition coefficient (Wildman–Crippen LogP) is 3.99. The summed E-state index contributed by atoms with van der Waals surface area (Å²) in [4.78, 5) is 34.5. The van der Waals surface area contributed by atoms with Crippen LogP contribution in [0.15, 0.2) is 94.4 Å². The van der Waals surface area contributed by atoms with Gasteiger partial charge in [-0.15, -0.1) is 0 Å². The molecule has 0 radical (unpaired) electrons. The highest BCUT2D eigenvalue weighted by molar-refractivity contribution is 5.93. The third-order valence-corrected chi connectivity index (χ3v) is 5.55. The van der Waals surface area contributed by atoms with Gasteiger partial charge in [0, 0.05) is 17.6 Å². The number of para-hydroxylation sites is 1. The van der Waals surface area contributed by atoms with E-state index in [1.54, 1.807) is 24.4 Å². The number of carbonyl (C=O) groups is 1. The largest absolute Gasteiger partial charge is 0.348 e. The topological polar surface area (TPSA) is 103 Å². The Labute approximate surface area is 194 Å². The lowest BCUT2D eigenvalue weighted by molar-refractivity contribution is -0.122. The molecule has 0 aliphatic rings. The van der Waals surface area contributed by atoms with E-state index >= 15 is 0 Å². The number of amides is 1. The van der Waals surface area contributed by atoms with Crippen molar-refractivity contribution >= 4 is 16.8 Å². The average molecular weight is 451 g/mol. The third-order valence-electron chi connectivity index (χ3n) is 5.55. The second-order valence-corrected chi connectivity index (χ2v) is 7.84. The first-order chi connectivity index (χ1) is 16.6. The summed E-state index contributed by atoms with van der Waals surface area (Å²) in [5.41, 5.74) is 2.33. The van der Waals surface area contributed by atoms with E-state index in [2.05, 4.69) is 20.4 Å². The standard InChI is InChI=1S/C26H21N5O3/c1-17(18-9-3-2-4-10-18)28-23(32)16-31-22-13-6-5-11-19(22)20(15-24(31)33)26-29-25(30-34-26)21-12-7-8-14-27-21/h2-15,17H,16H2,1H3,(H,28,32)/t17-/m1/s1. The first-order valence-corrected chi connectivity index (χ1v) is 10.8. The Kier molecular flexibility index (Phi) is 5.70. The summed E-state index contributed by atoms with van der Waals surface area (Å²) in [5, 5.41) is 7.69. The Morgan fingerprint density at radius 3 is 2.59 bits per heavy atom. The molecule has 2 aromatic carbocycles. The van der Waals surface area contributed by atoms with E-state index in [1.165, 1.54) is 10.6 Å². The van der Waals surface area contributed by atoms with Crippen molar-refractivity contribution in [3.63, 3.8) is 0 Å². The number of benzene rings is 2. The number of rotatable bonds is 6. The van der Waals surface area contributed by atoms with E-state index in [0.717, 1.165) is 10.9 Å². The van der Waals surface area contributed by atoms with Crippen LogP contribution in [0.1, 0.15) is 18.5 Å². The normalized spacial score (nSPS) is 11.9. The van der Waals surface area contributed by atoms with Crippen molar-refractivity contribution in [2.24, 2.45) is 0 Å². The molecule has 8 heteroatoms. The summed E-state index contributed by atoms with van der Waals surface area (Å²) in [7, 11) is 0. The predicted molar refractivity (Wildman–Crippen MR) is 128 cm³/mol. The Morgan fingerprint density at radius 2 is 1.79 bits per heavy atom. The molecule has 0 saturated heterocycles. The van der Waals surface area contributed by atoms with Crippen molar-refractivity contribution in [2.45, 2.75) is 19.5 Å². The number of hydrogen-bond acceptors (Lipinski definition) is 6. The molecule has 0 saturated carbocycles. The first kappa shape index (κ1) is 21.3. The van der Waals surface area contributed by atoms with Crippen LogP contribution in [0.5, 0.6) is 0 Å². The van der Waals surface area contributed by atoms with Gasteiger partial charge in [0.2, 0.25) is 11.7 Å². The van der Waals surface area contributed by atoms with Gasteiger partial charge in [-0.3, -0.25) is 19.1 Å². The second kappa shape index (κ2) is 9.11. The van der Waals surface area contributed by atoms with Gasteiger partial charge in [-0.2, -0.15) is 4.98 Å². The average Bonchev–Trinajstić information content (AvgIpc) is 3.37. The van der Waals surface area contributed by atoms with Crippen LogP contribution < -0.4 is 10.9 Å². The molecule has 0 spiro atoms. The van der Waals surface area contributed by atoms with Crippen molar-refractivity contribution < 1.29 is 9.32 Å². The van der Waals surface area contributed by atoms with Crippen LogP contribution in [0.2, 0.25) is 0 Å². The lowest BCUT2D eigenvalue weighted by Gasteiger charge is -2.16. The number of hydrogen-bond donors (Lipinski definition) is 1. The summed E-state index contributed by atoms with van der Waals surface area (Å²) in [6.45, 7) is 1.80. The van der Waals surface area contributed by atoms with Gasteiger partial charge in [-0.05, 0) is 30.7 Å². The number of nitrogens with one attached hydrogen (secondary N) is 1. The molecule has 0 aliphatic heterocycles. The molecule has 0 fully saturated rings. The van der Waals surface area contributed by atoms with Crippen LogP contribution in [-0.2, 0) is 11.3 Å². The van der Waals surface area contributed by atoms with Crippen LogP contribution in [-0.4, -0.2) is 25.6 Å². The number of nitrogens with zero attached hydrogens (tertiary/aromatic N) is 4. The molecule has 168 valence electrons. The van der Waals surface area contributed by atoms with Gasteiger partial charge in [-0.1, -0.05) is 59.8 Å². The molecule has 1 amide bonds. The zero-order valence-electron chi connectivity index (χ0n) is 18.4. The zero-order chi connectivity index (χ0) is 23.5. The van der Waals surface area contributed by atoms with Crippen molar-refractivity contribution in [3.05, 3.63) is 101 Å². The van der Waals surface area contributed by atoms with Gasteiger partial charge < -0.3 is 9.84 Å². The smallest absolute Gasteiger partial charge is 0.259 e. The summed E-state index contributed by atoms with van der Waals surface area (Å²) >= 11 is 0. The molecule has 0 unspecified atom stereocenters. The fraction of sp³-hybridized carbons (Fsp3) is 0.115. The van der Waals surface area contributed by atoms with Crippen LogP contribution in [0.25, 0.3) is 33.9 Å². The Bertz CT molecular complexity index is 1510. The van der Waals surface area contributed by atoms with E-state index in [9.17, 15) is 9.59 Å². The van der Waals surface area contributed by atoms with Crippen LogP contribution >= 0.6 is 0 Å². The first-order valence-electron chi connectivity index (χ1n) is 10.8. The number of pyridine rings is 2. The summed E-state index contributed by atoms with van der Waals surface area (Å²) in [6, 6.07) is 23.6. The summed E-state index contributed by atoms with van der Waals surface area (Å²) < 4.78 is 6.91.